The molecule has 3 heterocycles. The molecule has 0 atom stereocenters. The normalized spacial score (nSPS) is 11.4. The minimum absolute atomic E-state index is 0.610. The lowest BCUT2D eigenvalue weighted by molar-refractivity contribution is 1.09. The zero-order valence-electron chi connectivity index (χ0n) is 34.7. The van der Waals surface area contributed by atoms with Gasteiger partial charge < -0.3 is 9.13 Å². The molecule has 4 nitrogen and oxygen atoms in total. The molecular weight excluding hydrogens is 777 g/mol. The lowest BCUT2D eigenvalue weighted by Crippen LogP contribution is -2.05. The summed E-state index contributed by atoms with van der Waals surface area (Å²) in [7, 11) is 0. The van der Waals surface area contributed by atoms with Gasteiger partial charge in [-0.3, -0.25) is 4.98 Å². The Morgan fingerprint density at radius 3 is 0.906 bits per heavy atom. The topological polar surface area (TPSA) is 46.5 Å². The Labute approximate surface area is 370 Å². The van der Waals surface area contributed by atoms with E-state index in [0.717, 1.165) is 88.4 Å². The van der Waals surface area contributed by atoms with Crippen molar-refractivity contribution in [2.45, 2.75) is 0 Å². The molecule has 64 heavy (non-hydrogen) atoms. The predicted octanol–water partition coefficient (Wildman–Crippen LogP) is 15.5. The molecule has 0 radical (unpaired) electrons. The molecule has 0 unspecified atom stereocenters. The summed E-state index contributed by atoms with van der Waals surface area (Å²) < 4.78 is 4.76. The van der Waals surface area contributed by atoms with Gasteiger partial charge in [0.15, 0.2) is 0 Å². The molecule has 0 aliphatic rings. The van der Waals surface area contributed by atoms with Crippen molar-refractivity contribution in [2.75, 3.05) is 0 Å². The van der Waals surface area contributed by atoms with Crippen LogP contribution in [0, 0.1) is 11.3 Å². The molecule has 4 heteroatoms. The minimum Gasteiger partial charge on any atom is -0.307 e. The molecule has 0 amide bonds. The van der Waals surface area contributed by atoms with E-state index in [9.17, 15) is 5.26 Å². The molecule has 0 bridgehead atoms. The Balaban J connectivity index is 1.17. The van der Waals surface area contributed by atoms with Crippen molar-refractivity contribution in [3.8, 4) is 73.1 Å². The predicted molar refractivity (Wildman–Crippen MR) is 265 cm³/mol. The van der Waals surface area contributed by atoms with Crippen molar-refractivity contribution in [1.29, 1.82) is 5.26 Å². The van der Waals surface area contributed by atoms with Crippen LogP contribution >= 0.6 is 0 Å². The summed E-state index contributed by atoms with van der Waals surface area (Å²) in [6.45, 7) is 0. The summed E-state index contributed by atoms with van der Waals surface area (Å²) in [6, 6.07) is 79.9. The summed E-state index contributed by atoms with van der Waals surface area (Å²) in [5, 5.41) is 14.6. The van der Waals surface area contributed by atoms with Gasteiger partial charge in [0, 0.05) is 27.1 Å². The second-order valence-corrected chi connectivity index (χ2v) is 16.3. The van der Waals surface area contributed by atoms with Gasteiger partial charge in [-0.2, -0.15) is 5.26 Å². The van der Waals surface area contributed by atoms with Crippen LogP contribution in [0.5, 0.6) is 0 Å². The van der Waals surface area contributed by atoms with E-state index in [0.29, 0.717) is 5.56 Å². The number of nitrogens with zero attached hydrogens (tertiary/aromatic N) is 4. The van der Waals surface area contributed by atoms with Gasteiger partial charge in [-0.1, -0.05) is 158 Å². The standard InChI is InChI=1S/C60H38N4/c61-37-40-21-23-45(24-22-40)60-58(63-54-29-25-46(41-13-5-1-6-14-41)33-50(54)51-34-47(26-30-55(51)63)42-15-7-2-8-16-42)38-62-39-59(60)64-56-31-27-48(43-17-9-3-10-18-43)35-52(56)53-36-49(28-32-57(53)64)44-19-11-4-12-20-44/h1-36,38-39H. The summed E-state index contributed by atoms with van der Waals surface area (Å²) >= 11 is 0. The van der Waals surface area contributed by atoms with Crippen LogP contribution in [0.3, 0.4) is 0 Å². The Bertz CT molecular complexity index is 3340. The maximum atomic E-state index is 9.93. The van der Waals surface area contributed by atoms with E-state index in [-0.39, 0.29) is 0 Å². The summed E-state index contributed by atoms with van der Waals surface area (Å²) in [5.74, 6) is 0. The number of nitriles is 1. The van der Waals surface area contributed by atoms with Crippen LogP contribution < -0.4 is 0 Å². The highest BCUT2D eigenvalue weighted by Gasteiger charge is 2.24. The molecule has 0 aliphatic heterocycles. The van der Waals surface area contributed by atoms with E-state index in [1.165, 1.54) is 22.3 Å². The number of aromatic nitrogens is 3. The highest BCUT2D eigenvalue weighted by atomic mass is 15.0. The Morgan fingerprint density at radius 1 is 0.312 bits per heavy atom. The quantitative estimate of drug-likeness (QED) is 0.161. The van der Waals surface area contributed by atoms with Crippen molar-refractivity contribution >= 4 is 43.6 Å². The van der Waals surface area contributed by atoms with E-state index in [2.05, 4.69) is 221 Å². The summed E-state index contributed by atoms with van der Waals surface area (Å²) in [5.41, 5.74) is 18.1. The fourth-order valence-corrected chi connectivity index (χ4v) is 9.59. The second-order valence-electron chi connectivity index (χ2n) is 16.3. The van der Waals surface area contributed by atoms with Gasteiger partial charge in [0.05, 0.1) is 57.5 Å². The molecule has 0 N–H and O–H groups in total. The second kappa shape index (κ2) is 15.3. The maximum absolute atomic E-state index is 9.93. The third-order valence-corrected chi connectivity index (χ3v) is 12.6. The minimum atomic E-state index is 0.610. The Morgan fingerprint density at radius 2 is 0.609 bits per heavy atom. The van der Waals surface area contributed by atoms with Gasteiger partial charge in [-0.05, 0) is 111 Å². The van der Waals surface area contributed by atoms with Crippen molar-refractivity contribution in [3.63, 3.8) is 0 Å². The Kier molecular flexibility index (Phi) is 8.84. The van der Waals surface area contributed by atoms with Crippen LogP contribution in [0.1, 0.15) is 5.56 Å². The van der Waals surface area contributed by atoms with Crippen molar-refractivity contribution in [3.05, 3.63) is 236 Å². The van der Waals surface area contributed by atoms with Crippen LogP contribution in [0.25, 0.3) is 111 Å². The van der Waals surface area contributed by atoms with Crippen LogP contribution in [0.2, 0.25) is 0 Å². The highest BCUT2D eigenvalue weighted by molar-refractivity contribution is 6.14. The molecule has 0 saturated carbocycles. The van der Waals surface area contributed by atoms with E-state index in [1.54, 1.807) is 0 Å². The molecule has 0 saturated heterocycles. The van der Waals surface area contributed by atoms with Crippen molar-refractivity contribution in [2.24, 2.45) is 0 Å². The van der Waals surface area contributed by atoms with Crippen LogP contribution in [0.15, 0.2) is 231 Å². The number of pyridine rings is 1. The first-order valence-corrected chi connectivity index (χ1v) is 21.6. The lowest BCUT2D eigenvalue weighted by atomic mass is 10.0. The molecule has 0 fully saturated rings. The van der Waals surface area contributed by atoms with E-state index < -0.39 is 0 Å². The average molecular weight is 815 g/mol. The zero-order chi connectivity index (χ0) is 42.6. The number of hydrogen-bond acceptors (Lipinski definition) is 2. The summed E-state index contributed by atoms with van der Waals surface area (Å²) in [6.07, 6.45) is 4.00. The molecule has 0 spiro atoms. The van der Waals surface area contributed by atoms with E-state index in [4.69, 9.17) is 4.98 Å². The SMILES string of the molecule is N#Cc1ccc(-c2c(-n3c4ccc(-c5ccccc5)cc4c4cc(-c5ccccc5)ccc43)cncc2-n2c3ccc(-c4ccccc4)cc3c3cc(-c4ccccc4)ccc32)cc1. The van der Waals surface area contributed by atoms with Gasteiger partial charge >= 0.3 is 0 Å². The third-order valence-electron chi connectivity index (χ3n) is 12.6. The average Bonchev–Trinajstić information content (AvgIpc) is 3.88. The smallest absolute Gasteiger partial charge is 0.0991 e. The third kappa shape index (κ3) is 6.18. The number of hydrogen-bond donors (Lipinski definition) is 0. The fourth-order valence-electron chi connectivity index (χ4n) is 9.59. The largest absolute Gasteiger partial charge is 0.307 e. The first-order chi connectivity index (χ1) is 31.7. The van der Waals surface area contributed by atoms with Crippen molar-refractivity contribution in [1.82, 2.24) is 14.1 Å². The molecular formula is C60H38N4. The number of fused-ring (bicyclic) bond motifs is 6. The maximum Gasteiger partial charge on any atom is 0.0991 e. The first kappa shape index (κ1) is 37.0. The van der Waals surface area contributed by atoms with Gasteiger partial charge in [0.1, 0.15) is 0 Å². The van der Waals surface area contributed by atoms with Gasteiger partial charge in [-0.15, -0.1) is 0 Å². The molecule has 9 aromatic carbocycles. The first-order valence-electron chi connectivity index (χ1n) is 21.6. The van der Waals surface area contributed by atoms with Crippen LogP contribution in [-0.4, -0.2) is 14.1 Å². The lowest BCUT2D eigenvalue weighted by Gasteiger charge is -2.20. The highest BCUT2D eigenvalue weighted by Crippen LogP contribution is 2.44. The van der Waals surface area contributed by atoms with Crippen molar-refractivity contribution < 1.29 is 0 Å². The molecule has 12 aromatic rings. The number of rotatable bonds is 7. The van der Waals surface area contributed by atoms with Gasteiger partial charge in [0.25, 0.3) is 0 Å². The van der Waals surface area contributed by atoms with Crippen LogP contribution in [-0.2, 0) is 0 Å². The molecule has 3 aromatic heterocycles. The van der Waals surface area contributed by atoms with E-state index in [1.807, 2.05) is 24.5 Å². The van der Waals surface area contributed by atoms with Gasteiger partial charge in [-0.25, -0.2) is 0 Å². The van der Waals surface area contributed by atoms with E-state index >= 15 is 0 Å². The zero-order valence-corrected chi connectivity index (χ0v) is 34.7. The summed E-state index contributed by atoms with van der Waals surface area (Å²) in [4.78, 5) is 5.11. The monoisotopic (exact) mass is 814 g/mol. The Hall–Kier alpha value is -8.78. The fraction of sp³-hybridized carbons (Fsp3) is 0. The molecule has 298 valence electrons. The number of benzene rings is 9. The van der Waals surface area contributed by atoms with Gasteiger partial charge in [0.2, 0.25) is 0 Å². The molecule has 0 aliphatic carbocycles. The molecule has 12 rings (SSSR count). The van der Waals surface area contributed by atoms with Crippen LogP contribution in [0.4, 0.5) is 0 Å².